The van der Waals surface area contributed by atoms with Crippen LogP contribution in [0, 0.1) is 12.8 Å². The van der Waals surface area contributed by atoms with Crippen molar-refractivity contribution in [2.45, 2.75) is 33.1 Å². The van der Waals surface area contributed by atoms with Crippen molar-refractivity contribution in [3.05, 3.63) is 50.9 Å². The fourth-order valence-electron chi connectivity index (χ4n) is 3.59. The van der Waals surface area contributed by atoms with Crippen molar-refractivity contribution in [2.24, 2.45) is 5.92 Å². The number of carbonyl (C=O) groups excluding carboxylic acids is 2. The first-order chi connectivity index (χ1) is 13.5. The maximum Gasteiger partial charge on any atom is 0.305 e. The monoisotopic (exact) mass is 398 g/mol. The van der Waals surface area contributed by atoms with Gasteiger partial charge >= 0.3 is 5.91 Å². The van der Waals surface area contributed by atoms with Crippen LogP contribution in [0.25, 0.3) is 11.0 Å². The summed E-state index contributed by atoms with van der Waals surface area (Å²) in [5.41, 5.74) is 7.50. The molecule has 0 aliphatic heterocycles. The van der Waals surface area contributed by atoms with Gasteiger partial charge in [-0.3, -0.25) is 20.4 Å². The third-order valence-electron chi connectivity index (χ3n) is 5.19. The molecule has 28 heavy (non-hydrogen) atoms. The van der Waals surface area contributed by atoms with Crippen LogP contribution in [0.5, 0.6) is 5.75 Å². The Morgan fingerprint density at radius 2 is 2.00 bits per heavy atom. The molecule has 1 unspecified atom stereocenters. The topological polar surface area (TPSA) is 80.6 Å². The first-order valence-corrected chi connectivity index (χ1v) is 10.1. The lowest BCUT2D eigenvalue weighted by atomic mass is 9.90. The second-order valence-corrected chi connectivity index (χ2v) is 8.37. The van der Waals surface area contributed by atoms with E-state index in [1.807, 2.05) is 12.1 Å². The third kappa shape index (κ3) is 3.38. The average Bonchev–Trinajstić information content (AvgIpc) is 3.26. The van der Waals surface area contributed by atoms with Crippen molar-refractivity contribution in [2.75, 3.05) is 7.11 Å². The molecule has 0 saturated heterocycles. The second kappa shape index (κ2) is 7.31. The highest BCUT2D eigenvalue weighted by molar-refractivity contribution is 7.14. The summed E-state index contributed by atoms with van der Waals surface area (Å²) in [6.07, 6.45) is 3.18. The minimum atomic E-state index is -0.490. The van der Waals surface area contributed by atoms with E-state index in [-0.39, 0.29) is 11.7 Å². The molecule has 1 atom stereocenters. The van der Waals surface area contributed by atoms with Gasteiger partial charge in [-0.05, 0) is 61.9 Å². The molecule has 1 aliphatic rings. The number of aryl methyl sites for hydroxylation is 2. The number of carbonyl (C=O) groups is 2. The van der Waals surface area contributed by atoms with Crippen molar-refractivity contribution in [3.8, 4) is 5.75 Å². The molecule has 0 bridgehead atoms. The number of ether oxygens (including phenoxy) is 1. The quantitative estimate of drug-likeness (QED) is 0.653. The first kappa shape index (κ1) is 18.6. The van der Waals surface area contributed by atoms with E-state index < -0.39 is 5.91 Å². The smallest absolute Gasteiger partial charge is 0.305 e. The summed E-state index contributed by atoms with van der Waals surface area (Å²) in [6.45, 7) is 4.03. The maximum absolute atomic E-state index is 12.5. The average molecular weight is 398 g/mol. The molecule has 1 aromatic carbocycles. The van der Waals surface area contributed by atoms with Crippen LogP contribution < -0.4 is 15.6 Å². The SMILES string of the molecule is COc1ccc2oc(C(=O)NNC(=O)c3cc4c(s3)CCC(C)C4)c(C)c2c1. The highest BCUT2D eigenvalue weighted by Crippen LogP contribution is 2.32. The van der Waals surface area contributed by atoms with Gasteiger partial charge in [0.05, 0.1) is 12.0 Å². The van der Waals surface area contributed by atoms with Gasteiger partial charge in [0.2, 0.25) is 0 Å². The number of benzene rings is 1. The molecule has 1 aliphatic carbocycles. The zero-order valence-electron chi connectivity index (χ0n) is 16.0. The molecule has 0 fully saturated rings. The van der Waals surface area contributed by atoms with Crippen LogP contribution in [-0.2, 0) is 12.8 Å². The molecule has 0 spiro atoms. The number of furan rings is 1. The van der Waals surface area contributed by atoms with Gasteiger partial charge in [-0.2, -0.15) is 0 Å². The van der Waals surface area contributed by atoms with Crippen molar-refractivity contribution in [1.29, 1.82) is 0 Å². The lowest BCUT2D eigenvalue weighted by molar-refractivity contribution is 0.0833. The molecule has 3 aromatic rings. The highest BCUT2D eigenvalue weighted by atomic mass is 32.1. The molecule has 2 amide bonds. The Kier molecular flexibility index (Phi) is 4.85. The summed E-state index contributed by atoms with van der Waals surface area (Å²) in [5, 5.41) is 0.802. The van der Waals surface area contributed by atoms with Crippen LogP contribution in [0.1, 0.15) is 49.6 Å². The zero-order chi connectivity index (χ0) is 19.8. The van der Waals surface area contributed by atoms with E-state index in [1.165, 1.54) is 21.8 Å². The molecule has 6 nitrogen and oxygen atoms in total. The van der Waals surface area contributed by atoms with Crippen molar-refractivity contribution < 1.29 is 18.7 Å². The lowest BCUT2D eigenvalue weighted by Crippen LogP contribution is -2.41. The van der Waals surface area contributed by atoms with Gasteiger partial charge in [0.25, 0.3) is 5.91 Å². The van der Waals surface area contributed by atoms with Gasteiger partial charge in [-0.15, -0.1) is 11.3 Å². The van der Waals surface area contributed by atoms with E-state index in [0.29, 0.717) is 27.7 Å². The summed E-state index contributed by atoms with van der Waals surface area (Å²) in [4.78, 5) is 26.9. The Morgan fingerprint density at radius 3 is 2.79 bits per heavy atom. The Balaban J connectivity index is 1.46. The number of amides is 2. The molecule has 7 heteroatoms. The van der Waals surface area contributed by atoms with E-state index in [0.717, 1.165) is 24.6 Å². The minimum absolute atomic E-state index is 0.169. The Bertz CT molecular complexity index is 1070. The Hall–Kier alpha value is -2.80. The van der Waals surface area contributed by atoms with Crippen LogP contribution >= 0.6 is 11.3 Å². The van der Waals surface area contributed by atoms with Crippen LogP contribution in [0.3, 0.4) is 0 Å². The predicted molar refractivity (Wildman–Crippen MR) is 108 cm³/mol. The second-order valence-electron chi connectivity index (χ2n) is 7.23. The zero-order valence-corrected chi connectivity index (χ0v) is 16.9. The predicted octanol–water partition coefficient (Wildman–Crippen LogP) is 4.01. The summed E-state index contributed by atoms with van der Waals surface area (Å²) in [5.74, 6) is 0.703. The van der Waals surface area contributed by atoms with Gasteiger partial charge in [0.15, 0.2) is 5.76 Å². The standard InChI is InChI=1S/C21H22N2O4S/c1-11-4-7-17-13(8-11)9-18(28-17)20(24)22-23-21(25)19-12(2)15-10-14(26-3)5-6-16(15)27-19/h5-6,9-11H,4,7-8H2,1-3H3,(H,22,24)(H,23,25). The van der Waals surface area contributed by atoms with Crippen molar-refractivity contribution in [1.82, 2.24) is 10.9 Å². The number of nitrogens with one attached hydrogen (secondary N) is 2. The normalized spacial score (nSPS) is 15.9. The molecule has 2 aromatic heterocycles. The summed E-state index contributed by atoms with van der Waals surface area (Å²) in [7, 11) is 1.59. The van der Waals surface area contributed by atoms with E-state index in [2.05, 4.69) is 17.8 Å². The fourth-order valence-corrected chi connectivity index (χ4v) is 4.70. The molecule has 4 rings (SSSR count). The van der Waals surface area contributed by atoms with E-state index >= 15 is 0 Å². The summed E-state index contributed by atoms with van der Waals surface area (Å²) < 4.78 is 10.9. The van der Waals surface area contributed by atoms with E-state index in [4.69, 9.17) is 9.15 Å². The van der Waals surface area contributed by atoms with E-state index in [9.17, 15) is 9.59 Å². The minimum Gasteiger partial charge on any atom is -0.497 e. The largest absolute Gasteiger partial charge is 0.497 e. The molecule has 0 radical (unpaired) electrons. The molecule has 146 valence electrons. The molecule has 0 saturated carbocycles. The number of hydrazine groups is 1. The van der Waals surface area contributed by atoms with Gasteiger partial charge in [-0.25, -0.2) is 0 Å². The lowest BCUT2D eigenvalue weighted by Gasteiger charge is -2.16. The number of hydrogen-bond acceptors (Lipinski definition) is 5. The number of methoxy groups -OCH3 is 1. The van der Waals surface area contributed by atoms with Gasteiger partial charge in [0, 0.05) is 15.8 Å². The molecular weight excluding hydrogens is 376 g/mol. The Labute approximate surface area is 166 Å². The van der Waals surface area contributed by atoms with Crippen LogP contribution in [-0.4, -0.2) is 18.9 Å². The summed E-state index contributed by atoms with van der Waals surface area (Å²) in [6, 6.07) is 7.29. The number of hydrogen-bond donors (Lipinski definition) is 2. The Morgan fingerprint density at radius 1 is 1.21 bits per heavy atom. The fraction of sp³-hybridized carbons (Fsp3) is 0.333. The molecule has 2 heterocycles. The van der Waals surface area contributed by atoms with Crippen LogP contribution in [0.2, 0.25) is 0 Å². The molecule has 2 N–H and O–H groups in total. The summed E-state index contributed by atoms with van der Waals surface area (Å²) >= 11 is 1.50. The first-order valence-electron chi connectivity index (χ1n) is 9.25. The van der Waals surface area contributed by atoms with Gasteiger partial charge in [-0.1, -0.05) is 6.92 Å². The number of fused-ring (bicyclic) bond motifs is 2. The maximum atomic E-state index is 12.5. The highest BCUT2D eigenvalue weighted by Gasteiger charge is 2.22. The van der Waals surface area contributed by atoms with Crippen molar-refractivity contribution in [3.63, 3.8) is 0 Å². The van der Waals surface area contributed by atoms with Gasteiger partial charge < -0.3 is 9.15 Å². The van der Waals surface area contributed by atoms with Crippen LogP contribution in [0.4, 0.5) is 0 Å². The molecular formula is C21H22N2O4S. The van der Waals surface area contributed by atoms with E-state index in [1.54, 1.807) is 26.2 Å². The van der Waals surface area contributed by atoms with Crippen molar-refractivity contribution >= 4 is 34.1 Å². The third-order valence-corrected chi connectivity index (χ3v) is 6.43. The van der Waals surface area contributed by atoms with Gasteiger partial charge in [0.1, 0.15) is 11.3 Å². The van der Waals surface area contributed by atoms with Crippen LogP contribution in [0.15, 0.2) is 28.7 Å². The number of thiophene rings is 1. The number of rotatable bonds is 3.